The normalized spacial score (nSPS) is 10.8. The third-order valence-corrected chi connectivity index (χ3v) is 3.30. The first-order valence-corrected chi connectivity index (χ1v) is 6.40. The van der Waals surface area contributed by atoms with Gasteiger partial charge in [0.15, 0.2) is 11.5 Å². The molecule has 0 saturated heterocycles. The number of nitrogens with zero attached hydrogens (tertiary/aromatic N) is 1. The topological polar surface area (TPSA) is 61.4 Å². The molecule has 2 aromatic heterocycles. The number of hydrogen-bond donors (Lipinski definition) is 0. The van der Waals surface area contributed by atoms with Crippen molar-refractivity contribution in [3.8, 4) is 5.75 Å². The minimum absolute atomic E-state index is 0.186. The molecule has 5 nitrogen and oxygen atoms in total. The Morgan fingerprint density at radius 3 is 2.62 bits per heavy atom. The van der Waals surface area contributed by atoms with Crippen LogP contribution in [-0.4, -0.2) is 23.4 Å². The average molecular weight is 283 g/mol. The van der Waals surface area contributed by atoms with Crippen LogP contribution >= 0.6 is 0 Å². The van der Waals surface area contributed by atoms with E-state index in [1.165, 1.54) is 17.8 Å². The molecule has 21 heavy (non-hydrogen) atoms. The van der Waals surface area contributed by atoms with Crippen molar-refractivity contribution < 1.29 is 18.7 Å². The summed E-state index contributed by atoms with van der Waals surface area (Å²) in [6, 6.07) is 10.2. The zero-order valence-electron chi connectivity index (χ0n) is 11.6. The van der Waals surface area contributed by atoms with Crippen molar-refractivity contribution >= 4 is 22.6 Å². The zero-order chi connectivity index (χ0) is 15.0. The minimum Gasteiger partial charge on any atom is -0.497 e. The maximum atomic E-state index is 12.5. The number of Topliss-reactive ketones (excluding diaryl/α,β-unsaturated/α-hetero) is 1. The number of rotatable bonds is 3. The van der Waals surface area contributed by atoms with E-state index in [0.29, 0.717) is 17.0 Å². The Kier molecular flexibility index (Phi) is 3.10. The van der Waals surface area contributed by atoms with Crippen LogP contribution in [0.3, 0.4) is 0 Å². The summed E-state index contributed by atoms with van der Waals surface area (Å²) in [5.41, 5.74) is 0.960. The van der Waals surface area contributed by atoms with Crippen LogP contribution < -0.4 is 4.74 Å². The monoisotopic (exact) mass is 283 g/mol. The number of aromatic nitrogens is 1. The highest BCUT2D eigenvalue weighted by Gasteiger charge is 2.21. The van der Waals surface area contributed by atoms with Crippen molar-refractivity contribution in [1.82, 2.24) is 4.57 Å². The molecule has 0 atom stereocenters. The van der Waals surface area contributed by atoms with Crippen molar-refractivity contribution in [3.05, 3.63) is 54.1 Å². The average Bonchev–Trinajstić information content (AvgIpc) is 3.13. The number of benzene rings is 1. The number of hydrogen-bond acceptors (Lipinski definition) is 4. The van der Waals surface area contributed by atoms with Gasteiger partial charge in [0.05, 0.1) is 24.6 Å². The van der Waals surface area contributed by atoms with Gasteiger partial charge in [-0.1, -0.05) is 0 Å². The van der Waals surface area contributed by atoms with Gasteiger partial charge in [0.25, 0.3) is 5.91 Å². The number of furan rings is 1. The molecular weight excluding hydrogens is 270 g/mol. The van der Waals surface area contributed by atoms with Gasteiger partial charge in [-0.2, -0.15) is 0 Å². The van der Waals surface area contributed by atoms with E-state index < -0.39 is 0 Å². The lowest BCUT2D eigenvalue weighted by atomic mass is 10.2. The van der Waals surface area contributed by atoms with Crippen LogP contribution in [0.1, 0.15) is 28.0 Å². The summed E-state index contributed by atoms with van der Waals surface area (Å²) < 4.78 is 11.7. The molecule has 0 amide bonds. The molecule has 0 aliphatic heterocycles. The third kappa shape index (κ3) is 2.12. The number of methoxy groups -OCH3 is 1. The molecule has 106 valence electrons. The summed E-state index contributed by atoms with van der Waals surface area (Å²) in [5.74, 6) is 0.293. The van der Waals surface area contributed by atoms with Crippen molar-refractivity contribution in [1.29, 1.82) is 0 Å². The SMILES string of the molecule is COc1ccc2c(c1)cc(C(C)=O)n2C(=O)c1ccco1. The van der Waals surface area contributed by atoms with Crippen LogP contribution in [0.5, 0.6) is 5.75 Å². The van der Waals surface area contributed by atoms with Crippen LogP contribution in [-0.2, 0) is 0 Å². The summed E-state index contributed by atoms with van der Waals surface area (Å²) in [6.45, 7) is 1.43. The third-order valence-electron chi connectivity index (χ3n) is 3.30. The lowest BCUT2D eigenvalue weighted by Crippen LogP contribution is -2.16. The van der Waals surface area contributed by atoms with Gasteiger partial charge in [0.1, 0.15) is 5.75 Å². The van der Waals surface area contributed by atoms with E-state index in [1.54, 1.807) is 43.5 Å². The van der Waals surface area contributed by atoms with Crippen LogP contribution in [0.25, 0.3) is 10.9 Å². The largest absolute Gasteiger partial charge is 0.497 e. The Bertz CT molecular complexity index is 827. The van der Waals surface area contributed by atoms with E-state index in [2.05, 4.69) is 0 Å². The van der Waals surface area contributed by atoms with Crippen molar-refractivity contribution in [2.45, 2.75) is 6.92 Å². The maximum absolute atomic E-state index is 12.5. The minimum atomic E-state index is -0.370. The van der Waals surface area contributed by atoms with Gasteiger partial charge in [-0.25, -0.2) is 0 Å². The number of ketones is 1. The number of ether oxygens (including phenoxy) is 1. The lowest BCUT2D eigenvalue weighted by molar-refractivity contribution is 0.0911. The second-order valence-electron chi connectivity index (χ2n) is 4.63. The molecule has 1 aromatic carbocycles. The molecule has 0 radical (unpaired) electrons. The first-order chi connectivity index (χ1) is 10.1. The quantitative estimate of drug-likeness (QED) is 0.693. The Balaban J connectivity index is 2.26. The van der Waals surface area contributed by atoms with E-state index in [0.717, 1.165) is 5.39 Å². The molecular formula is C16H13NO4. The number of carbonyl (C=O) groups is 2. The van der Waals surface area contributed by atoms with E-state index in [4.69, 9.17) is 9.15 Å². The van der Waals surface area contributed by atoms with Crippen LogP contribution in [0, 0.1) is 0 Å². The highest BCUT2D eigenvalue weighted by molar-refractivity contribution is 6.08. The summed E-state index contributed by atoms with van der Waals surface area (Å²) in [5, 5.41) is 0.763. The fourth-order valence-electron chi connectivity index (χ4n) is 2.31. The molecule has 0 aliphatic rings. The van der Waals surface area contributed by atoms with E-state index in [9.17, 15) is 9.59 Å². The van der Waals surface area contributed by atoms with E-state index in [1.807, 2.05) is 0 Å². The summed E-state index contributed by atoms with van der Waals surface area (Å²) in [4.78, 5) is 24.4. The van der Waals surface area contributed by atoms with Gasteiger partial charge < -0.3 is 9.15 Å². The molecule has 3 rings (SSSR count). The highest BCUT2D eigenvalue weighted by atomic mass is 16.5. The summed E-state index contributed by atoms with van der Waals surface area (Å²) in [7, 11) is 1.57. The Hall–Kier alpha value is -2.82. The molecule has 3 aromatic rings. The van der Waals surface area contributed by atoms with Gasteiger partial charge in [0.2, 0.25) is 0 Å². The molecule has 0 fully saturated rings. The molecule has 5 heteroatoms. The van der Waals surface area contributed by atoms with Crippen molar-refractivity contribution in [2.24, 2.45) is 0 Å². The van der Waals surface area contributed by atoms with Gasteiger partial charge in [-0.05, 0) is 36.4 Å². The predicted molar refractivity (Wildman–Crippen MR) is 76.9 cm³/mol. The standard InChI is InChI=1S/C16H13NO4/c1-10(18)14-9-11-8-12(20-2)5-6-13(11)17(14)16(19)15-4-3-7-21-15/h3-9H,1-2H3. The summed E-state index contributed by atoms with van der Waals surface area (Å²) in [6.07, 6.45) is 1.43. The molecule has 0 aliphatic carbocycles. The van der Waals surface area contributed by atoms with Crippen molar-refractivity contribution in [3.63, 3.8) is 0 Å². The smallest absolute Gasteiger partial charge is 0.298 e. The van der Waals surface area contributed by atoms with Crippen molar-refractivity contribution in [2.75, 3.05) is 7.11 Å². The second-order valence-corrected chi connectivity index (χ2v) is 4.63. The highest BCUT2D eigenvalue weighted by Crippen LogP contribution is 2.26. The second kappa shape index (κ2) is 4.94. The van der Waals surface area contributed by atoms with Gasteiger partial charge in [-0.3, -0.25) is 14.2 Å². The Morgan fingerprint density at radius 2 is 2.00 bits per heavy atom. The molecule has 0 unspecified atom stereocenters. The Labute approximate surface area is 120 Å². The first-order valence-electron chi connectivity index (χ1n) is 6.40. The Morgan fingerprint density at radius 1 is 1.19 bits per heavy atom. The number of fused-ring (bicyclic) bond motifs is 1. The predicted octanol–water partition coefficient (Wildman–Crippen LogP) is 3.13. The van der Waals surface area contributed by atoms with E-state index >= 15 is 0 Å². The van der Waals surface area contributed by atoms with Crippen LogP contribution in [0.4, 0.5) is 0 Å². The zero-order valence-corrected chi connectivity index (χ0v) is 11.6. The fourth-order valence-corrected chi connectivity index (χ4v) is 2.31. The lowest BCUT2D eigenvalue weighted by Gasteiger charge is -2.06. The number of carbonyl (C=O) groups excluding carboxylic acids is 2. The molecule has 0 N–H and O–H groups in total. The van der Waals surface area contributed by atoms with Crippen LogP contribution in [0.2, 0.25) is 0 Å². The van der Waals surface area contributed by atoms with Gasteiger partial charge in [-0.15, -0.1) is 0 Å². The van der Waals surface area contributed by atoms with Gasteiger partial charge >= 0.3 is 0 Å². The molecule has 0 saturated carbocycles. The fraction of sp³-hybridized carbons (Fsp3) is 0.125. The molecule has 0 bridgehead atoms. The maximum Gasteiger partial charge on any atom is 0.298 e. The molecule has 2 heterocycles. The molecule has 0 spiro atoms. The van der Waals surface area contributed by atoms with E-state index in [-0.39, 0.29) is 17.5 Å². The summed E-state index contributed by atoms with van der Waals surface area (Å²) >= 11 is 0. The first kappa shape index (κ1) is 13.2. The van der Waals surface area contributed by atoms with Crippen LogP contribution in [0.15, 0.2) is 47.1 Å². The van der Waals surface area contributed by atoms with Gasteiger partial charge in [0, 0.05) is 12.3 Å².